The fourth-order valence-corrected chi connectivity index (χ4v) is 2.08. The topological polar surface area (TPSA) is 59.9 Å². The number of nitrogens with zero attached hydrogens (tertiary/aromatic N) is 3. The van der Waals surface area contributed by atoms with E-state index in [-0.39, 0.29) is 0 Å². The summed E-state index contributed by atoms with van der Waals surface area (Å²) in [5.41, 5.74) is 0.798. The number of halogens is 1. The van der Waals surface area contributed by atoms with E-state index in [1.807, 2.05) is 30.3 Å². The van der Waals surface area contributed by atoms with Crippen LogP contribution in [0.3, 0.4) is 0 Å². The lowest BCUT2D eigenvalue weighted by molar-refractivity contribution is 0.463. The van der Waals surface area contributed by atoms with Crippen molar-refractivity contribution in [1.82, 2.24) is 15.0 Å². The molecule has 2 heterocycles. The summed E-state index contributed by atoms with van der Waals surface area (Å²) in [5.74, 6) is 1.60. The number of hydrogen-bond acceptors (Lipinski definition) is 5. The van der Waals surface area contributed by atoms with Gasteiger partial charge in [0.15, 0.2) is 5.75 Å². The molecule has 2 aromatic heterocycles. The highest BCUT2D eigenvalue weighted by Gasteiger charge is 2.09. The van der Waals surface area contributed by atoms with Gasteiger partial charge in [-0.15, -0.1) is 0 Å². The summed E-state index contributed by atoms with van der Waals surface area (Å²) in [7, 11) is 1.76. The van der Waals surface area contributed by atoms with Crippen LogP contribution < -0.4 is 10.1 Å². The quantitative estimate of drug-likeness (QED) is 0.794. The molecule has 0 radical (unpaired) electrons. The van der Waals surface area contributed by atoms with Gasteiger partial charge in [0.25, 0.3) is 0 Å². The fourth-order valence-electron chi connectivity index (χ4n) is 1.81. The third-order valence-corrected chi connectivity index (χ3v) is 3.28. The Morgan fingerprint density at radius 2 is 2.00 bits per heavy atom. The molecule has 0 aliphatic heterocycles. The first-order valence-corrected chi connectivity index (χ1v) is 6.79. The first-order valence-electron chi connectivity index (χ1n) is 6.00. The maximum Gasteiger partial charge on any atom is 0.238 e. The number of rotatable bonds is 3. The highest BCUT2D eigenvalue weighted by Crippen LogP contribution is 2.31. The Morgan fingerprint density at radius 1 is 1.15 bits per heavy atom. The molecule has 20 heavy (non-hydrogen) atoms. The second-order valence-electron chi connectivity index (χ2n) is 4.03. The first-order chi connectivity index (χ1) is 9.78. The molecule has 5 nitrogen and oxygen atoms in total. The number of nitrogens with one attached hydrogen (secondary N) is 1. The van der Waals surface area contributed by atoms with E-state index >= 15 is 0 Å². The Kier molecular flexibility index (Phi) is 3.47. The lowest BCUT2D eigenvalue weighted by atomic mass is 10.2. The van der Waals surface area contributed by atoms with E-state index in [1.54, 1.807) is 19.4 Å². The Morgan fingerprint density at radius 3 is 2.85 bits per heavy atom. The number of anilines is 1. The average molecular weight is 331 g/mol. The molecule has 0 fully saturated rings. The van der Waals surface area contributed by atoms with Gasteiger partial charge in [-0.05, 0) is 28.1 Å². The summed E-state index contributed by atoms with van der Waals surface area (Å²) in [6.45, 7) is 0. The summed E-state index contributed by atoms with van der Waals surface area (Å²) in [5, 5.41) is 3.90. The summed E-state index contributed by atoms with van der Waals surface area (Å²) in [6.07, 6.45) is 3.38. The molecule has 3 rings (SSSR count). The number of ether oxygens (including phenoxy) is 1. The van der Waals surface area contributed by atoms with Gasteiger partial charge in [-0.3, -0.25) is 4.98 Å². The van der Waals surface area contributed by atoms with E-state index in [0.29, 0.717) is 22.1 Å². The van der Waals surface area contributed by atoms with Crippen LogP contribution in [-0.2, 0) is 0 Å². The Bertz CT molecular complexity index is 758. The van der Waals surface area contributed by atoms with Crippen molar-refractivity contribution in [3.8, 4) is 11.6 Å². The largest absolute Gasteiger partial charge is 0.435 e. The Hall–Kier alpha value is -2.21. The minimum atomic E-state index is 0.447. The number of aromatic nitrogens is 3. The van der Waals surface area contributed by atoms with E-state index in [1.165, 1.54) is 0 Å². The zero-order valence-corrected chi connectivity index (χ0v) is 12.3. The van der Waals surface area contributed by atoms with Crippen LogP contribution in [0.15, 0.2) is 47.2 Å². The van der Waals surface area contributed by atoms with Crippen molar-refractivity contribution in [1.29, 1.82) is 0 Å². The van der Waals surface area contributed by atoms with Gasteiger partial charge in [-0.25, -0.2) is 4.98 Å². The lowest BCUT2D eigenvalue weighted by Gasteiger charge is -2.09. The van der Waals surface area contributed by atoms with Gasteiger partial charge in [-0.1, -0.05) is 18.2 Å². The predicted molar refractivity (Wildman–Crippen MR) is 81.1 cm³/mol. The molecule has 0 saturated carbocycles. The van der Waals surface area contributed by atoms with Crippen molar-refractivity contribution in [3.05, 3.63) is 47.2 Å². The third-order valence-electron chi connectivity index (χ3n) is 2.74. The number of hydrogen-bond donors (Lipinski definition) is 1. The Balaban J connectivity index is 2.05. The normalized spacial score (nSPS) is 10.5. The van der Waals surface area contributed by atoms with Crippen LogP contribution in [-0.4, -0.2) is 22.0 Å². The molecule has 0 bridgehead atoms. The molecule has 0 aliphatic carbocycles. The van der Waals surface area contributed by atoms with Gasteiger partial charge in [0.2, 0.25) is 11.8 Å². The molecule has 1 aromatic carbocycles. The third kappa shape index (κ3) is 2.42. The van der Waals surface area contributed by atoms with Crippen LogP contribution in [0.4, 0.5) is 5.95 Å². The molecule has 1 N–H and O–H groups in total. The van der Waals surface area contributed by atoms with Crippen molar-refractivity contribution in [2.75, 3.05) is 12.4 Å². The van der Waals surface area contributed by atoms with Crippen LogP contribution in [0.5, 0.6) is 11.6 Å². The van der Waals surface area contributed by atoms with E-state index < -0.39 is 0 Å². The maximum atomic E-state index is 5.86. The molecular weight excluding hydrogens is 320 g/mol. The number of pyridine rings is 1. The van der Waals surface area contributed by atoms with Gasteiger partial charge < -0.3 is 10.1 Å². The number of benzene rings is 1. The minimum Gasteiger partial charge on any atom is -0.435 e. The number of para-hydroxylation sites is 1. The van der Waals surface area contributed by atoms with Crippen LogP contribution >= 0.6 is 15.9 Å². The SMILES string of the molecule is CNc1ncc(Br)c(Oc2cccc3cccnc23)n1. The van der Waals surface area contributed by atoms with E-state index in [2.05, 4.69) is 36.2 Å². The monoisotopic (exact) mass is 330 g/mol. The first kappa shape index (κ1) is 12.8. The molecule has 0 amide bonds. The predicted octanol–water partition coefficient (Wildman–Crippen LogP) is 3.62. The van der Waals surface area contributed by atoms with Crippen LogP contribution in [0.1, 0.15) is 0 Å². The standard InChI is InChI=1S/C14H11BrN4O/c1-16-14-18-8-10(15)13(19-14)20-11-6-2-4-9-5-3-7-17-12(9)11/h2-8H,1H3,(H,16,18,19). The summed E-state index contributed by atoms with van der Waals surface area (Å²) in [4.78, 5) is 12.7. The molecule has 0 unspecified atom stereocenters. The summed E-state index contributed by atoms with van der Waals surface area (Å²) < 4.78 is 6.55. The smallest absolute Gasteiger partial charge is 0.238 e. The van der Waals surface area contributed by atoms with Crippen molar-refractivity contribution in [2.45, 2.75) is 0 Å². The van der Waals surface area contributed by atoms with Gasteiger partial charge in [0.05, 0.1) is 10.7 Å². The second-order valence-corrected chi connectivity index (χ2v) is 4.88. The van der Waals surface area contributed by atoms with Crippen molar-refractivity contribution >= 4 is 32.8 Å². The molecular formula is C14H11BrN4O. The van der Waals surface area contributed by atoms with Crippen molar-refractivity contribution in [3.63, 3.8) is 0 Å². The average Bonchev–Trinajstić information content (AvgIpc) is 2.50. The minimum absolute atomic E-state index is 0.447. The highest BCUT2D eigenvalue weighted by atomic mass is 79.9. The van der Waals surface area contributed by atoms with E-state index in [4.69, 9.17) is 4.74 Å². The molecule has 3 aromatic rings. The Labute approximate surface area is 124 Å². The molecule has 100 valence electrons. The molecule has 0 aliphatic rings. The van der Waals surface area contributed by atoms with Crippen LogP contribution in [0.25, 0.3) is 10.9 Å². The van der Waals surface area contributed by atoms with Gasteiger partial charge in [0, 0.05) is 18.6 Å². The number of fused-ring (bicyclic) bond motifs is 1. The van der Waals surface area contributed by atoms with Crippen molar-refractivity contribution in [2.24, 2.45) is 0 Å². The summed E-state index contributed by atoms with van der Waals surface area (Å²) >= 11 is 3.38. The van der Waals surface area contributed by atoms with Crippen molar-refractivity contribution < 1.29 is 4.74 Å². The summed E-state index contributed by atoms with van der Waals surface area (Å²) in [6, 6.07) is 9.66. The second kappa shape index (κ2) is 5.42. The van der Waals surface area contributed by atoms with Gasteiger partial charge in [0.1, 0.15) is 5.52 Å². The highest BCUT2D eigenvalue weighted by molar-refractivity contribution is 9.10. The van der Waals surface area contributed by atoms with Crippen LogP contribution in [0.2, 0.25) is 0 Å². The molecule has 0 spiro atoms. The van der Waals surface area contributed by atoms with Gasteiger partial charge in [-0.2, -0.15) is 4.98 Å². The zero-order chi connectivity index (χ0) is 13.9. The van der Waals surface area contributed by atoms with E-state index in [9.17, 15) is 0 Å². The molecule has 0 atom stereocenters. The zero-order valence-electron chi connectivity index (χ0n) is 10.7. The van der Waals surface area contributed by atoms with Crippen LogP contribution in [0, 0.1) is 0 Å². The molecule has 6 heteroatoms. The van der Waals surface area contributed by atoms with E-state index in [0.717, 1.165) is 10.9 Å². The maximum absolute atomic E-state index is 5.86. The fraction of sp³-hybridized carbons (Fsp3) is 0.0714. The molecule has 0 saturated heterocycles. The lowest BCUT2D eigenvalue weighted by Crippen LogP contribution is -1.99. The van der Waals surface area contributed by atoms with Gasteiger partial charge >= 0.3 is 0 Å².